The first-order chi connectivity index (χ1) is 18.2. The first-order valence-electron chi connectivity index (χ1n) is 12.7. The predicted octanol–water partition coefficient (Wildman–Crippen LogP) is -5.27. The van der Waals surface area contributed by atoms with Crippen molar-refractivity contribution in [3.63, 3.8) is 0 Å². The molecular weight excluding hydrogens is 567 g/mol. The number of fused-ring (bicyclic) bond motifs is 6. The van der Waals surface area contributed by atoms with Crippen LogP contribution in [-0.4, -0.2) is 155 Å². The van der Waals surface area contributed by atoms with Gasteiger partial charge in [-0.25, -0.2) is 9.13 Å². The van der Waals surface area contributed by atoms with Crippen LogP contribution in [0.15, 0.2) is 0 Å². The molecule has 6 aliphatic heterocycles. The summed E-state index contributed by atoms with van der Waals surface area (Å²) >= 11 is 0. The standard InChI is InChI=1S/C18H31B3O16P2/c19-13-7-10(23)17(34-13,3-28-7)5-31-38(24,25)37-12-9-15(21)35-18(12,4-30-9)6-32-39(26,27)36-11-8-14(20)33-16(11,1-22)2-29-8/h7-15,22-23H,1-6,19-21H2,(H,24,25)(H,26,27)/t7?,8?,9?,10?,11?,12?,13?,14?,15?,16-,17+,18+/m1/s1. The lowest BCUT2D eigenvalue weighted by Crippen LogP contribution is -2.47. The van der Waals surface area contributed by atoms with Gasteiger partial charge in [-0.2, -0.15) is 0 Å². The van der Waals surface area contributed by atoms with Crippen LogP contribution in [0, 0.1) is 0 Å². The minimum atomic E-state index is -4.78. The summed E-state index contributed by atoms with van der Waals surface area (Å²) in [6, 6.07) is -1.51. The molecule has 218 valence electrons. The molecule has 6 rings (SSSR count). The smallest absolute Gasteiger partial charge is 0.393 e. The van der Waals surface area contributed by atoms with Crippen molar-refractivity contribution in [1.82, 2.24) is 0 Å². The van der Waals surface area contributed by atoms with Crippen molar-refractivity contribution in [3.05, 3.63) is 0 Å². The van der Waals surface area contributed by atoms with Crippen LogP contribution in [0.4, 0.5) is 0 Å². The first kappa shape index (κ1) is 29.2. The van der Waals surface area contributed by atoms with E-state index in [4.69, 9.17) is 46.5 Å². The summed E-state index contributed by atoms with van der Waals surface area (Å²) in [6.45, 7) is -1.75. The fourth-order valence-corrected chi connectivity index (χ4v) is 8.52. The van der Waals surface area contributed by atoms with Crippen molar-refractivity contribution in [1.29, 1.82) is 0 Å². The highest BCUT2D eigenvalue weighted by molar-refractivity contribution is 7.47. The fraction of sp³-hybridized carbons (Fsp3) is 1.00. The summed E-state index contributed by atoms with van der Waals surface area (Å²) in [5.74, 6) is 0. The Kier molecular flexibility index (Phi) is 7.34. The molecule has 0 spiro atoms. The molecule has 0 aromatic carbocycles. The highest BCUT2D eigenvalue weighted by atomic mass is 31.2. The lowest BCUT2D eigenvalue weighted by molar-refractivity contribution is -0.142. The molecule has 21 heteroatoms. The number of phosphoric acid groups is 2. The van der Waals surface area contributed by atoms with E-state index in [1.54, 1.807) is 23.5 Å². The molecule has 0 amide bonds. The molecular formula is C18H31B3O16P2. The van der Waals surface area contributed by atoms with Gasteiger partial charge in [-0.1, -0.05) is 0 Å². The molecule has 16 nitrogen and oxygen atoms in total. The van der Waals surface area contributed by atoms with Crippen molar-refractivity contribution in [2.24, 2.45) is 0 Å². The van der Waals surface area contributed by atoms with Gasteiger partial charge in [0.25, 0.3) is 0 Å². The van der Waals surface area contributed by atoms with Gasteiger partial charge in [-0.3, -0.25) is 18.1 Å². The number of ether oxygens (including phenoxy) is 6. The van der Waals surface area contributed by atoms with E-state index in [1.807, 2.05) is 0 Å². The van der Waals surface area contributed by atoms with Crippen LogP contribution in [0.3, 0.4) is 0 Å². The van der Waals surface area contributed by atoms with Gasteiger partial charge in [-0.05, 0) is 0 Å². The van der Waals surface area contributed by atoms with Gasteiger partial charge < -0.3 is 48.4 Å². The van der Waals surface area contributed by atoms with Crippen LogP contribution in [0.5, 0.6) is 0 Å². The largest absolute Gasteiger partial charge is 0.472 e. The topological polar surface area (TPSA) is 207 Å². The second-order valence-corrected chi connectivity index (χ2v) is 13.9. The number of aliphatic hydroxyl groups excluding tert-OH is 2. The van der Waals surface area contributed by atoms with Gasteiger partial charge in [0.1, 0.15) is 77.0 Å². The number of hydrogen-bond acceptors (Lipinski definition) is 14. The molecule has 0 aliphatic carbocycles. The van der Waals surface area contributed by atoms with E-state index in [0.29, 0.717) is 0 Å². The molecule has 14 atom stereocenters. The first-order valence-corrected chi connectivity index (χ1v) is 15.7. The Morgan fingerprint density at radius 3 is 1.62 bits per heavy atom. The highest BCUT2D eigenvalue weighted by Gasteiger charge is 2.66. The quantitative estimate of drug-likeness (QED) is 0.130. The van der Waals surface area contributed by atoms with E-state index in [9.17, 15) is 29.1 Å². The van der Waals surface area contributed by atoms with E-state index < -0.39 is 107 Å². The van der Waals surface area contributed by atoms with Crippen molar-refractivity contribution in [2.45, 2.75) is 71.4 Å². The average molecular weight is 598 g/mol. The summed E-state index contributed by atoms with van der Waals surface area (Å²) < 4.78 is 81.3. The number of rotatable bonds is 11. The average Bonchev–Trinajstić information content (AvgIpc) is 3.65. The van der Waals surface area contributed by atoms with E-state index >= 15 is 0 Å². The highest BCUT2D eigenvalue weighted by Crippen LogP contribution is 2.56. The molecule has 6 saturated heterocycles. The van der Waals surface area contributed by atoms with E-state index in [-0.39, 0.29) is 19.8 Å². The Bertz CT molecular complexity index is 1080. The van der Waals surface area contributed by atoms with Crippen LogP contribution in [0.2, 0.25) is 0 Å². The Morgan fingerprint density at radius 1 is 0.718 bits per heavy atom. The Balaban J connectivity index is 1.10. The lowest BCUT2D eigenvalue weighted by atomic mass is 9.92. The van der Waals surface area contributed by atoms with Crippen LogP contribution < -0.4 is 0 Å². The third-order valence-electron chi connectivity index (χ3n) is 8.40. The molecule has 11 unspecified atom stereocenters. The minimum absolute atomic E-state index is 0.0139. The zero-order valence-corrected chi connectivity index (χ0v) is 23.3. The molecule has 39 heavy (non-hydrogen) atoms. The maximum atomic E-state index is 13.0. The van der Waals surface area contributed by atoms with Gasteiger partial charge in [0.15, 0.2) is 0 Å². The number of aliphatic hydroxyl groups is 2. The SMILES string of the molecule is BC1O[C@]2(COP(=O)(O)OC3C4OC[C@@]3(COP(=O)(O)OC3C5OC[C@@]3(CO)OC5B)OC4B)COC1C2O. The van der Waals surface area contributed by atoms with Gasteiger partial charge in [0.2, 0.25) is 0 Å². The Morgan fingerprint density at radius 2 is 1.13 bits per heavy atom. The van der Waals surface area contributed by atoms with E-state index in [1.165, 1.54) is 0 Å². The second-order valence-electron chi connectivity index (χ2n) is 11.1. The minimum Gasteiger partial charge on any atom is -0.393 e. The summed E-state index contributed by atoms with van der Waals surface area (Å²) in [4.78, 5) is 21.1. The molecule has 6 aliphatic rings. The van der Waals surface area contributed by atoms with E-state index in [2.05, 4.69) is 0 Å². The summed E-state index contributed by atoms with van der Waals surface area (Å²) in [6.07, 6.45) is -5.35. The van der Waals surface area contributed by atoms with Gasteiger partial charge in [0.05, 0.1) is 57.7 Å². The Labute approximate surface area is 226 Å². The van der Waals surface area contributed by atoms with Crippen LogP contribution in [-0.2, 0) is 55.6 Å². The molecule has 0 radical (unpaired) electrons. The third-order valence-corrected chi connectivity index (χ3v) is 10.3. The second kappa shape index (κ2) is 9.81. The van der Waals surface area contributed by atoms with Crippen LogP contribution in [0.25, 0.3) is 0 Å². The van der Waals surface area contributed by atoms with E-state index in [0.717, 1.165) is 0 Å². The lowest BCUT2D eigenvalue weighted by Gasteiger charge is -2.33. The number of phosphoric ester groups is 2. The monoisotopic (exact) mass is 598 g/mol. The number of hydrogen-bond donors (Lipinski definition) is 4. The van der Waals surface area contributed by atoms with Crippen LogP contribution in [0.1, 0.15) is 0 Å². The maximum absolute atomic E-state index is 13.0. The van der Waals surface area contributed by atoms with Crippen molar-refractivity contribution in [3.8, 4) is 0 Å². The molecule has 0 saturated carbocycles. The molecule has 4 N–H and O–H groups in total. The molecule has 0 aromatic heterocycles. The predicted molar refractivity (Wildman–Crippen MR) is 132 cm³/mol. The van der Waals surface area contributed by atoms with Crippen LogP contribution >= 0.6 is 15.6 Å². The molecule has 0 aromatic rings. The molecule has 6 heterocycles. The molecule has 6 bridgehead atoms. The Hall–Kier alpha value is 0.0948. The third kappa shape index (κ3) is 4.76. The summed E-state index contributed by atoms with van der Waals surface area (Å²) in [5.41, 5.74) is -4.14. The van der Waals surface area contributed by atoms with Crippen molar-refractivity contribution < 1.29 is 75.6 Å². The fourth-order valence-electron chi connectivity index (χ4n) is 6.43. The normalized spacial score (nSPS) is 52.9. The van der Waals surface area contributed by atoms with Gasteiger partial charge in [-0.15, -0.1) is 0 Å². The van der Waals surface area contributed by atoms with Gasteiger partial charge in [0, 0.05) is 0 Å². The zero-order chi connectivity index (χ0) is 28.0. The van der Waals surface area contributed by atoms with Crippen molar-refractivity contribution in [2.75, 3.05) is 39.6 Å². The zero-order valence-electron chi connectivity index (χ0n) is 21.5. The maximum Gasteiger partial charge on any atom is 0.472 e. The van der Waals surface area contributed by atoms with Gasteiger partial charge >= 0.3 is 15.6 Å². The summed E-state index contributed by atoms with van der Waals surface area (Å²) in [7, 11) is -4.51. The molecule has 6 fully saturated rings. The summed E-state index contributed by atoms with van der Waals surface area (Å²) in [5, 5.41) is 20.3. The van der Waals surface area contributed by atoms with Crippen molar-refractivity contribution >= 4 is 39.2 Å².